The van der Waals surface area contributed by atoms with Crippen molar-refractivity contribution < 1.29 is 24.6 Å². The number of carbonyl (C=O) groups excluding carboxylic acids is 1. The van der Waals surface area contributed by atoms with E-state index in [2.05, 4.69) is 5.32 Å². The maximum atomic E-state index is 11.4. The zero-order valence-electron chi connectivity index (χ0n) is 11.1. The lowest BCUT2D eigenvalue weighted by Crippen LogP contribution is -2.41. The molecule has 2 atom stereocenters. The Labute approximate surface area is 121 Å². The van der Waals surface area contributed by atoms with Crippen LogP contribution in [-0.2, 0) is 14.4 Å². The van der Waals surface area contributed by atoms with E-state index in [-0.39, 0.29) is 24.5 Å². The molecule has 0 aromatic carbocycles. The SMILES string of the molecule is NCCCC(=O)N[C@@H](CCSCC(N)C(=O)O)C(=O)O. The van der Waals surface area contributed by atoms with Crippen molar-refractivity contribution in [3.8, 4) is 0 Å². The summed E-state index contributed by atoms with van der Waals surface area (Å²) in [7, 11) is 0. The van der Waals surface area contributed by atoms with Crippen LogP contribution in [0.25, 0.3) is 0 Å². The van der Waals surface area contributed by atoms with E-state index in [1.165, 1.54) is 11.8 Å². The van der Waals surface area contributed by atoms with Crippen LogP contribution in [-0.4, -0.2) is 58.2 Å². The molecule has 0 bridgehead atoms. The van der Waals surface area contributed by atoms with Crippen LogP contribution in [0.1, 0.15) is 19.3 Å². The van der Waals surface area contributed by atoms with Gasteiger partial charge in [-0.3, -0.25) is 9.59 Å². The Bertz CT molecular complexity index is 340. The highest BCUT2D eigenvalue weighted by atomic mass is 32.2. The number of hydrogen-bond acceptors (Lipinski definition) is 6. The summed E-state index contributed by atoms with van der Waals surface area (Å²) < 4.78 is 0. The molecule has 0 radical (unpaired) electrons. The van der Waals surface area contributed by atoms with Crippen molar-refractivity contribution in [1.82, 2.24) is 5.32 Å². The van der Waals surface area contributed by atoms with E-state index in [1.807, 2.05) is 0 Å². The van der Waals surface area contributed by atoms with Crippen LogP contribution in [0.3, 0.4) is 0 Å². The van der Waals surface area contributed by atoms with Gasteiger partial charge >= 0.3 is 11.9 Å². The molecule has 20 heavy (non-hydrogen) atoms. The van der Waals surface area contributed by atoms with Crippen LogP contribution in [0.2, 0.25) is 0 Å². The number of carbonyl (C=O) groups is 3. The van der Waals surface area contributed by atoms with E-state index in [4.69, 9.17) is 21.7 Å². The smallest absolute Gasteiger partial charge is 0.326 e. The molecule has 8 nitrogen and oxygen atoms in total. The van der Waals surface area contributed by atoms with Gasteiger partial charge in [-0.05, 0) is 25.1 Å². The maximum Gasteiger partial charge on any atom is 0.326 e. The molecule has 1 unspecified atom stereocenters. The number of carboxylic acid groups (broad SMARTS) is 2. The summed E-state index contributed by atoms with van der Waals surface area (Å²) in [6.07, 6.45) is 0.901. The maximum absolute atomic E-state index is 11.4. The number of nitrogens with one attached hydrogen (secondary N) is 1. The molecule has 0 aliphatic rings. The fraction of sp³-hybridized carbons (Fsp3) is 0.727. The Morgan fingerprint density at radius 3 is 2.35 bits per heavy atom. The predicted octanol–water partition coefficient (Wildman–Crippen LogP) is -1.17. The lowest BCUT2D eigenvalue weighted by Gasteiger charge is -2.14. The number of nitrogens with two attached hydrogens (primary N) is 2. The van der Waals surface area contributed by atoms with Gasteiger partial charge in [0.05, 0.1) is 0 Å². The van der Waals surface area contributed by atoms with E-state index in [9.17, 15) is 14.4 Å². The lowest BCUT2D eigenvalue weighted by molar-refractivity contribution is -0.142. The first-order valence-electron chi connectivity index (χ1n) is 6.16. The summed E-state index contributed by atoms with van der Waals surface area (Å²) in [4.78, 5) is 32.9. The van der Waals surface area contributed by atoms with Gasteiger partial charge < -0.3 is 27.0 Å². The first kappa shape index (κ1) is 18.7. The summed E-state index contributed by atoms with van der Waals surface area (Å²) in [5.41, 5.74) is 10.6. The Morgan fingerprint density at radius 2 is 1.85 bits per heavy atom. The van der Waals surface area contributed by atoms with Crippen molar-refractivity contribution in [3.05, 3.63) is 0 Å². The average Bonchev–Trinajstić information content (AvgIpc) is 2.38. The number of aliphatic carboxylic acids is 2. The van der Waals surface area contributed by atoms with Crippen LogP contribution < -0.4 is 16.8 Å². The predicted molar refractivity (Wildman–Crippen MR) is 75.4 cm³/mol. The van der Waals surface area contributed by atoms with Crippen molar-refractivity contribution >= 4 is 29.6 Å². The number of thioether (sulfide) groups is 1. The highest BCUT2D eigenvalue weighted by Crippen LogP contribution is 2.07. The molecule has 0 aromatic heterocycles. The molecule has 116 valence electrons. The third-order valence-corrected chi connectivity index (χ3v) is 3.53. The molecule has 0 fully saturated rings. The van der Waals surface area contributed by atoms with Crippen LogP contribution in [0.5, 0.6) is 0 Å². The van der Waals surface area contributed by atoms with Gasteiger partial charge in [-0.25, -0.2) is 4.79 Å². The summed E-state index contributed by atoms with van der Waals surface area (Å²) in [5.74, 6) is -1.97. The highest BCUT2D eigenvalue weighted by Gasteiger charge is 2.19. The lowest BCUT2D eigenvalue weighted by atomic mass is 10.2. The van der Waals surface area contributed by atoms with Crippen molar-refractivity contribution in [2.75, 3.05) is 18.1 Å². The standard InChI is InChI=1S/C11H21N3O5S/c12-4-1-2-9(15)14-8(11(18)19)3-5-20-6-7(13)10(16)17/h7-8H,1-6,12-13H2,(H,14,15)(H,16,17)(H,18,19)/t7?,8-/m0/s1. The largest absolute Gasteiger partial charge is 0.480 e. The number of amides is 1. The second-order valence-corrected chi connectivity index (χ2v) is 5.31. The highest BCUT2D eigenvalue weighted by molar-refractivity contribution is 7.99. The molecule has 0 heterocycles. The minimum atomic E-state index is -1.12. The van der Waals surface area contributed by atoms with Crippen LogP contribution in [0.4, 0.5) is 0 Å². The third-order valence-electron chi connectivity index (χ3n) is 2.41. The first-order chi connectivity index (χ1) is 9.38. The fourth-order valence-electron chi connectivity index (χ4n) is 1.27. The Kier molecular flexibility index (Phi) is 9.77. The second-order valence-electron chi connectivity index (χ2n) is 4.16. The van der Waals surface area contributed by atoms with Gasteiger partial charge in [0.2, 0.25) is 5.91 Å². The molecule has 0 aromatic rings. The molecule has 0 saturated heterocycles. The van der Waals surface area contributed by atoms with Crippen molar-refractivity contribution in [3.63, 3.8) is 0 Å². The zero-order chi connectivity index (χ0) is 15.5. The van der Waals surface area contributed by atoms with Gasteiger partial charge in [-0.1, -0.05) is 0 Å². The Hall–Kier alpha value is -1.32. The Balaban J connectivity index is 4.00. The molecular weight excluding hydrogens is 286 g/mol. The first-order valence-corrected chi connectivity index (χ1v) is 7.32. The topological polar surface area (TPSA) is 156 Å². The summed E-state index contributed by atoms with van der Waals surface area (Å²) in [6.45, 7) is 0.369. The van der Waals surface area contributed by atoms with E-state index < -0.39 is 24.0 Å². The van der Waals surface area contributed by atoms with E-state index in [0.717, 1.165) is 0 Å². The normalized spacial score (nSPS) is 13.5. The van der Waals surface area contributed by atoms with Gasteiger partial charge in [0.15, 0.2) is 0 Å². The van der Waals surface area contributed by atoms with Gasteiger partial charge in [-0.15, -0.1) is 0 Å². The fourth-order valence-corrected chi connectivity index (χ4v) is 2.23. The number of rotatable bonds is 11. The van der Waals surface area contributed by atoms with Gasteiger partial charge in [0.1, 0.15) is 12.1 Å². The summed E-state index contributed by atoms with van der Waals surface area (Å²) in [5, 5.41) is 20.0. The summed E-state index contributed by atoms with van der Waals surface area (Å²) in [6, 6.07) is -1.95. The molecule has 7 N–H and O–H groups in total. The quantitative estimate of drug-likeness (QED) is 0.299. The second kappa shape index (κ2) is 10.5. The monoisotopic (exact) mass is 307 g/mol. The minimum absolute atomic E-state index is 0.192. The van der Waals surface area contributed by atoms with Gasteiger partial charge in [0, 0.05) is 12.2 Å². The average molecular weight is 307 g/mol. The number of hydrogen-bond donors (Lipinski definition) is 5. The molecule has 0 rings (SSSR count). The molecule has 0 spiro atoms. The van der Waals surface area contributed by atoms with E-state index >= 15 is 0 Å². The van der Waals surface area contributed by atoms with Gasteiger partial charge in [0.25, 0.3) is 0 Å². The molecule has 0 aliphatic carbocycles. The minimum Gasteiger partial charge on any atom is -0.480 e. The van der Waals surface area contributed by atoms with Crippen molar-refractivity contribution in [2.24, 2.45) is 11.5 Å². The van der Waals surface area contributed by atoms with Gasteiger partial charge in [-0.2, -0.15) is 11.8 Å². The van der Waals surface area contributed by atoms with E-state index in [1.54, 1.807) is 0 Å². The van der Waals surface area contributed by atoms with Crippen molar-refractivity contribution in [1.29, 1.82) is 0 Å². The van der Waals surface area contributed by atoms with Crippen LogP contribution in [0, 0.1) is 0 Å². The molecule has 1 amide bonds. The number of carboxylic acids is 2. The molecule has 0 saturated carbocycles. The molecule has 9 heteroatoms. The Morgan fingerprint density at radius 1 is 1.20 bits per heavy atom. The zero-order valence-corrected chi connectivity index (χ0v) is 11.9. The van der Waals surface area contributed by atoms with Crippen molar-refractivity contribution in [2.45, 2.75) is 31.3 Å². The molecular formula is C11H21N3O5S. The third kappa shape index (κ3) is 8.73. The van der Waals surface area contributed by atoms with E-state index in [0.29, 0.717) is 18.7 Å². The van der Waals surface area contributed by atoms with Crippen LogP contribution >= 0.6 is 11.8 Å². The molecule has 0 aliphatic heterocycles. The van der Waals surface area contributed by atoms with Crippen LogP contribution in [0.15, 0.2) is 0 Å². The summed E-state index contributed by atoms with van der Waals surface area (Å²) >= 11 is 1.24.